The zero-order valence-corrected chi connectivity index (χ0v) is 15.7. The summed E-state index contributed by atoms with van der Waals surface area (Å²) in [4.78, 5) is 18.6. The molecule has 0 saturated carbocycles. The first-order chi connectivity index (χ1) is 13.2. The highest BCUT2D eigenvalue weighted by molar-refractivity contribution is 7.80. The number of benzene rings is 1. The van der Waals surface area contributed by atoms with Gasteiger partial charge in [-0.1, -0.05) is 12.1 Å². The van der Waals surface area contributed by atoms with E-state index in [4.69, 9.17) is 12.2 Å². The van der Waals surface area contributed by atoms with Crippen molar-refractivity contribution in [2.75, 3.05) is 18.4 Å². The lowest BCUT2D eigenvalue weighted by Gasteiger charge is -2.43. The van der Waals surface area contributed by atoms with E-state index < -0.39 is 0 Å². The molecule has 0 spiro atoms. The summed E-state index contributed by atoms with van der Waals surface area (Å²) in [6.45, 7) is 2.53. The largest absolute Gasteiger partial charge is 0.348 e. The fourth-order valence-corrected chi connectivity index (χ4v) is 4.69. The van der Waals surface area contributed by atoms with Gasteiger partial charge in [0.15, 0.2) is 5.11 Å². The number of hydrogen-bond acceptors (Lipinski definition) is 3. The Bertz CT molecular complexity index is 1090. The third-order valence-corrected chi connectivity index (χ3v) is 6.02. The minimum absolute atomic E-state index is 0.113. The van der Waals surface area contributed by atoms with Crippen molar-refractivity contribution in [1.29, 1.82) is 0 Å². The van der Waals surface area contributed by atoms with Gasteiger partial charge in [0.2, 0.25) is 0 Å². The molecule has 2 atom stereocenters. The summed E-state index contributed by atoms with van der Waals surface area (Å²) in [5.41, 5.74) is 2.25. The van der Waals surface area contributed by atoms with Crippen LogP contribution in [0.25, 0.3) is 10.8 Å². The van der Waals surface area contributed by atoms with Crippen molar-refractivity contribution in [2.24, 2.45) is 5.92 Å². The Morgan fingerprint density at radius 2 is 2.04 bits per heavy atom. The minimum Gasteiger partial charge on any atom is -0.348 e. The van der Waals surface area contributed by atoms with Crippen LogP contribution in [0.15, 0.2) is 59.7 Å². The molecule has 1 fully saturated rings. The molecule has 1 saturated heterocycles. The Kier molecular flexibility index (Phi) is 3.93. The van der Waals surface area contributed by atoms with Gasteiger partial charge in [0, 0.05) is 60.8 Å². The van der Waals surface area contributed by atoms with Gasteiger partial charge in [0.05, 0.1) is 0 Å². The third-order valence-electron chi connectivity index (χ3n) is 5.66. The molecule has 1 unspecified atom stereocenters. The summed E-state index contributed by atoms with van der Waals surface area (Å²) in [5, 5.41) is 6.41. The van der Waals surface area contributed by atoms with Crippen LogP contribution < -0.4 is 10.9 Å². The average Bonchev–Trinajstić information content (AvgIpc) is 2.68. The molecule has 5 nitrogen and oxygen atoms in total. The van der Waals surface area contributed by atoms with Gasteiger partial charge in [-0.25, -0.2) is 0 Å². The molecule has 0 amide bonds. The standard InChI is InChI=1S/C21H20N4OS/c26-20-3-1-2-19-17-8-14(12-25(19)20)11-24(13-17)21(27)23-18-5-4-16-10-22-7-6-15(16)9-18/h1-7,9-10,14,17H,8,11-13H2,(H,23,27)/t14-,17?/m1/s1. The number of aromatic nitrogens is 2. The van der Waals surface area contributed by atoms with Crippen LogP contribution in [0.1, 0.15) is 18.0 Å². The first-order valence-corrected chi connectivity index (χ1v) is 9.68. The Morgan fingerprint density at radius 1 is 1.11 bits per heavy atom. The number of pyridine rings is 2. The van der Waals surface area contributed by atoms with E-state index in [0.717, 1.165) is 53.3 Å². The zero-order valence-electron chi connectivity index (χ0n) is 14.8. The number of likely N-dealkylation sites (tertiary alicyclic amines) is 1. The predicted molar refractivity (Wildman–Crippen MR) is 111 cm³/mol. The van der Waals surface area contributed by atoms with Crippen LogP contribution in [0.5, 0.6) is 0 Å². The van der Waals surface area contributed by atoms with Crippen LogP contribution in [-0.4, -0.2) is 32.7 Å². The fourth-order valence-electron chi connectivity index (χ4n) is 4.43. The van der Waals surface area contributed by atoms with E-state index in [1.54, 1.807) is 12.3 Å². The molecule has 0 aliphatic carbocycles. The van der Waals surface area contributed by atoms with Crippen LogP contribution >= 0.6 is 12.2 Å². The van der Waals surface area contributed by atoms with Crippen molar-refractivity contribution in [2.45, 2.75) is 18.9 Å². The molecular weight excluding hydrogens is 356 g/mol. The Balaban J connectivity index is 1.36. The second kappa shape index (κ2) is 6.46. The molecule has 5 rings (SSSR count). The number of hydrogen-bond donors (Lipinski definition) is 1. The van der Waals surface area contributed by atoms with E-state index in [1.807, 2.05) is 29.0 Å². The lowest BCUT2D eigenvalue weighted by atomic mass is 9.83. The van der Waals surface area contributed by atoms with Gasteiger partial charge in [0.25, 0.3) is 5.56 Å². The van der Waals surface area contributed by atoms with Crippen LogP contribution in [0.2, 0.25) is 0 Å². The molecule has 2 aliphatic rings. The highest BCUT2D eigenvalue weighted by atomic mass is 32.1. The van der Waals surface area contributed by atoms with E-state index >= 15 is 0 Å². The van der Waals surface area contributed by atoms with Gasteiger partial charge in [-0.05, 0) is 54.2 Å². The predicted octanol–water partition coefficient (Wildman–Crippen LogP) is 3.21. The third kappa shape index (κ3) is 3.00. The number of nitrogens with one attached hydrogen (secondary N) is 1. The van der Waals surface area contributed by atoms with Crippen molar-refractivity contribution in [1.82, 2.24) is 14.5 Å². The Hall–Kier alpha value is -2.73. The molecule has 136 valence electrons. The summed E-state index contributed by atoms with van der Waals surface area (Å²) in [5.74, 6) is 0.813. The summed E-state index contributed by atoms with van der Waals surface area (Å²) in [6, 6.07) is 13.8. The van der Waals surface area contributed by atoms with Gasteiger partial charge in [-0.15, -0.1) is 0 Å². The topological polar surface area (TPSA) is 50.2 Å². The smallest absolute Gasteiger partial charge is 0.250 e. The van der Waals surface area contributed by atoms with Gasteiger partial charge < -0.3 is 14.8 Å². The van der Waals surface area contributed by atoms with Gasteiger partial charge >= 0.3 is 0 Å². The molecule has 2 bridgehead atoms. The number of nitrogens with zero attached hydrogens (tertiary/aromatic N) is 3. The lowest BCUT2D eigenvalue weighted by Crippen LogP contribution is -2.50. The summed E-state index contributed by atoms with van der Waals surface area (Å²) < 4.78 is 1.95. The Labute approximate surface area is 162 Å². The first-order valence-electron chi connectivity index (χ1n) is 9.27. The number of fused-ring (bicyclic) bond motifs is 5. The van der Waals surface area contributed by atoms with E-state index in [9.17, 15) is 4.79 Å². The summed E-state index contributed by atoms with van der Waals surface area (Å²) >= 11 is 5.71. The molecule has 1 N–H and O–H groups in total. The molecule has 2 aliphatic heterocycles. The maximum atomic E-state index is 12.2. The van der Waals surface area contributed by atoms with Crippen LogP contribution in [0.4, 0.5) is 5.69 Å². The van der Waals surface area contributed by atoms with Crippen molar-refractivity contribution in [3.05, 3.63) is 70.9 Å². The van der Waals surface area contributed by atoms with Gasteiger partial charge in [-0.2, -0.15) is 0 Å². The van der Waals surface area contributed by atoms with E-state index in [-0.39, 0.29) is 5.56 Å². The van der Waals surface area contributed by atoms with E-state index in [2.05, 4.69) is 33.4 Å². The highest BCUT2D eigenvalue weighted by Gasteiger charge is 2.35. The fraction of sp³-hybridized carbons (Fsp3) is 0.286. The van der Waals surface area contributed by atoms with Gasteiger partial charge in [-0.3, -0.25) is 9.78 Å². The second-order valence-corrected chi connectivity index (χ2v) is 7.86. The van der Waals surface area contributed by atoms with E-state index in [0.29, 0.717) is 11.8 Å². The quantitative estimate of drug-likeness (QED) is 0.661. The molecule has 1 aromatic carbocycles. The molecule has 4 heterocycles. The normalized spacial score (nSPS) is 21.0. The first kappa shape index (κ1) is 16.4. The van der Waals surface area contributed by atoms with Gasteiger partial charge in [0.1, 0.15) is 0 Å². The van der Waals surface area contributed by atoms with Crippen molar-refractivity contribution >= 4 is 33.8 Å². The van der Waals surface area contributed by atoms with Crippen molar-refractivity contribution in [3.8, 4) is 0 Å². The second-order valence-electron chi connectivity index (χ2n) is 7.47. The molecule has 2 aromatic heterocycles. The molecular formula is C21H20N4OS. The maximum absolute atomic E-state index is 12.2. The maximum Gasteiger partial charge on any atom is 0.250 e. The summed E-state index contributed by atoms with van der Waals surface area (Å²) in [6.07, 6.45) is 4.80. The number of anilines is 1. The lowest BCUT2D eigenvalue weighted by molar-refractivity contribution is 0.180. The molecule has 27 heavy (non-hydrogen) atoms. The minimum atomic E-state index is 0.113. The summed E-state index contributed by atoms with van der Waals surface area (Å²) in [7, 11) is 0. The number of thiocarbonyl (C=S) groups is 1. The number of rotatable bonds is 1. The number of piperidine rings is 1. The Morgan fingerprint density at radius 3 is 2.96 bits per heavy atom. The zero-order chi connectivity index (χ0) is 18.4. The highest BCUT2D eigenvalue weighted by Crippen LogP contribution is 2.35. The van der Waals surface area contributed by atoms with Crippen LogP contribution in [0, 0.1) is 5.92 Å². The molecule has 0 radical (unpaired) electrons. The molecule has 3 aromatic rings. The van der Waals surface area contributed by atoms with E-state index in [1.165, 1.54) is 0 Å². The average molecular weight is 376 g/mol. The van der Waals surface area contributed by atoms with Crippen molar-refractivity contribution in [3.63, 3.8) is 0 Å². The van der Waals surface area contributed by atoms with Crippen molar-refractivity contribution < 1.29 is 0 Å². The monoisotopic (exact) mass is 376 g/mol. The molecule has 6 heteroatoms. The van der Waals surface area contributed by atoms with Crippen LogP contribution in [0.3, 0.4) is 0 Å². The van der Waals surface area contributed by atoms with Crippen LogP contribution in [-0.2, 0) is 6.54 Å². The SMILES string of the molecule is O=c1cccc2n1C[C@@H]1CC2CN(C(=S)Nc2ccc3cnccc3c2)C1.